The minimum atomic E-state index is -0.943. The van der Waals surface area contributed by atoms with Crippen molar-refractivity contribution in [2.45, 2.75) is 66.8 Å². The van der Waals surface area contributed by atoms with Gasteiger partial charge in [-0.3, -0.25) is 4.79 Å². The first-order valence-electron chi connectivity index (χ1n) is 13.8. The van der Waals surface area contributed by atoms with Gasteiger partial charge < -0.3 is 13.6 Å². The zero-order chi connectivity index (χ0) is 27.9. The van der Waals surface area contributed by atoms with Crippen LogP contribution >= 0.6 is 0 Å². The van der Waals surface area contributed by atoms with E-state index in [1.54, 1.807) is 6.92 Å². The zero-order valence-corrected chi connectivity index (χ0v) is 25.1. The minimum absolute atomic E-state index is 0.0496. The lowest BCUT2D eigenvalue weighted by atomic mass is 9.83. The van der Waals surface area contributed by atoms with Crippen molar-refractivity contribution in [1.29, 1.82) is 0 Å². The molecule has 5 rings (SSSR count). The van der Waals surface area contributed by atoms with Gasteiger partial charge in [0.2, 0.25) is 9.04 Å². The molecule has 3 heterocycles. The number of carbonyl (C=O) groups is 1. The van der Waals surface area contributed by atoms with Gasteiger partial charge in [-0.05, 0) is 72.8 Å². The molecule has 0 amide bonds. The standard InChI is InChI=1S/C34H38NO3Si/c1-8-26-31(24-14-16-25(17-15-24)37-21-23-12-10-9-11-13-23)30-20-28(22(2)36)29-19-18-27(32(26)35(29)30)33(34(3,4)5)38-39(6)7/h9-20,33H,8,21H2,1-7H3. The van der Waals surface area contributed by atoms with Crippen molar-refractivity contribution >= 4 is 31.4 Å². The summed E-state index contributed by atoms with van der Waals surface area (Å²) in [6.45, 7) is 15.5. The van der Waals surface area contributed by atoms with Crippen molar-refractivity contribution in [3.63, 3.8) is 0 Å². The number of aryl methyl sites for hydroxylation is 1. The van der Waals surface area contributed by atoms with Crippen LogP contribution < -0.4 is 4.74 Å². The van der Waals surface area contributed by atoms with E-state index in [4.69, 9.17) is 9.16 Å². The summed E-state index contributed by atoms with van der Waals surface area (Å²) in [5.74, 6) is 0.918. The van der Waals surface area contributed by atoms with E-state index >= 15 is 0 Å². The lowest BCUT2D eigenvalue weighted by Gasteiger charge is -2.33. The molecule has 0 aliphatic heterocycles. The van der Waals surface area contributed by atoms with Gasteiger partial charge in [-0.15, -0.1) is 0 Å². The number of hydrogen-bond donors (Lipinski definition) is 0. The Labute approximate surface area is 233 Å². The summed E-state index contributed by atoms with van der Waals surface area (Å²) in [5, 5.41) is 0. The highest BCUT2D eigenvalue weighted by Gasteiger charge is 2.33. The molecule has 1 radical (unpaired) electrons. The van der Waals surface area contributed by atoms with E-state index in [0.717, 1.165) is 39.9 Å². The smallest absolute Gasteiger partial charge is 0.205 e. The van der Waals surface area contributed by atoms with Gasteiger partial charge in [-0.2, -0.15) is 0 Å². The Hall–Kier alpha value is -3.41. The fourth-order valence-electron chi connectivity index (χ4n) is 5.63. The number of aromatic nitrogens is 1. The molecule has 0 fully saturated rings. The second-order valence-corrected chi connectivity index (χ2v) is 13.7. The average molecular weight is 537 g/mol. The van der Waals surface area contributed by atoms with Crippen LogP contribution in [0.1, 0.15) is 67.8 Å². The van der Waals surface area contributed by atoms with E-state index in [1.807, 2.05) is 30.3 Å². The first-order valence-corrected chi connectivity index (χ1v) is 16.2. The molecule has 0 aliphatic rings. The van der Waals surface area contributed by atoms with E-state index in [9.17, 15) is 4.79 Å². The summed E-state index contributed by atoms with van der Waals surface area (Å²) in [4.78, 5) is 12.7. The molecule has 5 aromatic rings. The molecule has 201 valence electrons. The molecule has 0 N–H and O–H groups in total. The maximum absolute atomic E-state index is 12.7. The summed E-state index contributed by atoms with van der Waals surface area (Å²) in [6, 6.07) is 24.9. The Bertz CT molecular complexity index is 1590. The largest absolute Gasteiger partial charge is 0.489 e. The summed E-state index contributed by atoms with van der Waals surface area (Å²) in [7, 11) is -0.943. The molecule has 1 unspecified atom stereocenters. The fourth-order valence-corrected chi connectivity index (χ4v) is 6.59. The molecule has 39 heavy (non-hydrogen) atoms. The Morgan fingerprint density at radius 2 is 1.64 bits per heavy atom. The number of Topliss-reactive ketones (excluding diaryl/α,β-unsaturated/α-hetero) is 1. The van der Waals surface area contributed by atoms with Crippen LogP contribution in [-0.4, -0.2) is 19.2 Å². The molecule has 3 aromatic heterocycles. The first-order chi connectivity index (χ1) is 18.6. The minimum Gasteiger partial charge on any atom is -0.489 e. The molecular weight excluding hydrogens is 498 g/mol. The number of pyridine rings is 1. The number of rotatable bonds is 9. The zero-order valence-electron chi connectivity index (χ0n) is 24.1. The maximum atomic E-state index is 12.7. The second kappa shape index (κ2) is 10.6. The predicted octanol–water partition coefficient (Wildman–Crippen LogP) is 8.90. The Morgan fingerprint density at radius 3 is 2.23 bits per heavy atom. The number of benzene rings is 2. The molecule has 0 bridgehead atoms. The van der Waals surface area contributed by atoms with Gasteiger partial charge in [0.1, 0.15) is 12.4 Å². The Balaban J connectivity index is 1.67. The third-order valence-corrected chi connectivity index (χ3v) is 8.05. The van der Waals surface area contributed by atoms with Gasteiger partial charge in [-0.1, -0.05) is 76.2 Å². The molecule has 0 saturated heterocycles. The number of ether oxygens (including phenoxy) is 1. The van der Waals surface area contributed by atoms with Crippen molar-refractivity contribution in [2.24, 2.45) is 5.41 Å². The van der Waals surface area contributed by atoms with Crippen LogP contribution in [0, 0.1) is 5.41 Å². The Morgan fingerprint density at radius 1 is 0.949 bits per heavy atom. The van der Waals surface area contributed by atoms with Crippen molar-refractivity contribution in [3.8, 4) is 16.9 Å². The average Bonchev–Trinajstić information content (AvgIpc) is 3.44. The van der Waals surface area contributed by atoms with Crippen LogP contribution in [0.15, 0.2) is 72.8 Å². The van der Waals surface area contributed by atoms with Gasteiger partial charge in [0.05, 0.1) is 22.7 Å². The molecule has 1 atom stereocenters. The normalized spacial score (nSPS) is 13.0. The molecule has 2 aromatic carbocycles. The molecule has 5 heteroatoms. The summed E-state index contributed by atoms with van der Waals surface area (Å²) in [5.41, 5.74) is 9.84. The fraction of sp³-hybridized carbons (Fsp3) is 0.324. The SMILES string of the molecule is CCc1c(-c2ccc(OCc3ccccc3)cc2)c2cc(C(C)=O)c3ccc(C(O[Si](C)C)C(C)(C)C)c1n32. The summed E-state index contributed by atoms with van der Waals surface area (Å²) >= 11 is 0. The van der Waals surface area contributed by atoms with Gasteiger partial charge in [-0.25, -0.2) is 0 Å². The summed E-state index contributed by atoms with van der Waals surface area (Å²) < 4.78 is 15.0. The molecule has 0 spiro atoms. The van der Waals surface area contributed by atoms with Gasteiger partial charge >= 0.3 is 0 Å². The van der Waals surface area contributed by atoms with Crippen LogP contribution in [0.2, 0.25) is 13.1 Å². The van der Waals surface area contributed by atoms with E-state index in [0.29, 0.717) is 6.61 Å². The van der Waals surface area contributed by atoms with Crippen molar-refractivity contribution in [2.75, 3.05) is 0 Å². The van der Waals surface area contributed by atoms with Crippen molar-refractivity contribution in [1.82, 2.24) is 4.40 Å². The summed E-state index contributed by atoms with van der Waals surface area (Å²) in [6.07, 6.45) is 0.823. The third-order valence-electron chi connectivity index (χ3n) is 7.35. The second-order valence-electron chi connectivity index (χ2n) is 11.6. The molecule has 4 nitrogen and oxygen atoms in total. The van der Waals surface area contributed by atoms with E-state index in [2.05, 4.69) is 87.7 Å². The van der Waals surface area contributed by atoms with Crippen LogP contribution in [0.5, 0.6) is 5.75 Å². The third kappa shape index (κ3) is 5.13. The van der Waals surface area contributed by atoms with Gasteiger partial charge in [0.15, 0.2) is 5.78 Å². The lowest BCUT2D eigenvalue weighted by molar-refractivity contribution is 0.0876. The van der Waals surface area contributed by atoms with Crippen LogP contribution in [0.3, 0.4) is 0 Å². The van der Waals surface area contributed by atoms with Crippen LogP contribution in [-0.2, 0) is 17.5 Å². The van der Waals surface area contributed by atoms with E-state index in [-0.39, 0.29) is 17.3 Å². The monoisotopic (exact) mass is 536 g/mol. The number of nitrogens with zero attached hydrogens (tertiary/aromatic N) is 1. The predicted molar refractivity (Wildman–Crippen MR) is 162 cm³/mol. The lowest BCUT2D eigenvalue weighted by Crippen LogP contribution is -2.26. The maximum Gasteiger partial charge on any atom is 0.205 e. The van der Waals surface area contributed by atoms with E-state index < -0.39 is 9.04 Å². The highest BCUT2D eigenvalue weighted by molar-refractivity contribution is 6.48. The highest BCUT2D eigenvalue weighted by Crippen LogP contribution is 2.45. The Kier molecular flexibility index (Phi) is 7.40. The van der Waals surface area contributed by atoms with Crippen LogP contribution in [0.4, 0.5) is 0 Å². The van der Waals surface area contributed by atoms with Gasteiger partial charge in [0.25, 0.3) is 0 Å². The quantitative estimate of drug-likeness (QED) is 0.139. The van der Waals surface area contributed by atoms with Crippen molar-refractivity contribution < 1.29 is 14.0 Å². The number of ketones is 1. The number of carbonyl (C=O) groups excluding carboxylic acids is 1. The highest BCUT2D eigenvalue weighted by atomic mass is 28.3. The van der Waals surface area contributed by atoms with E-state index in [1.165, 1.54) is 22.2 Å². The van der Waals surface area contributed by atoms with Crippen molar-refractivity contribution in [3.05, 3.63) is 95.1 Å². The van der Waals surface area contributed by atoms with Gasteiger partial charge in [0, 0.05) is 16.7 Å². The van der Waals surface area contributed by atoms with Crippen LogP contribution in [0.25, 0.3) is 27.7 Å². The number of hydrogen-bond acceptors (Lipinski definition) is 3. The molecule has 0 saturated carbocycles. The molecular formula is C34H38NO3Si. The topological polar surface area (TPSA) is 39.9 Å². The molecule has 0 aliphatic carbocycles. The first kappa shape index (κ1) is 27.2.